The van der Waals surface area contributed by atoms with E-state index in [4.69, 9.17) is 0 Å². The van der Waals surface area contributed by atoms with Gasteiger partial charge in [-0.3, -0.25) is 9.59 Å². The lowest BCUT2D eigenvalue weighted by Gasteiger charge is -2.12. The number of hydrogen-bond donors (Lipinski definition) is 0. The van der Waals surface area contributed by atoms with Crippen molar-refractivity contribution in [1.82, 2.24) is 0 Å². The molecule has 0 spiro atoms. The number of Topliss-reactive ketones (excluding diaryl/α,β-unsaturated/α-hetero) is 1. The van der Waals surface area contributed by atoms with Gasteiger partial charge in [-0.25, -0.2) is 0 Å². The molecule has 3 heteroatoms. The topological polar surface area (TPSA) is 37.4 Å². The van der Waals surface area contributed by atoms with Gasteiger partial charge in [-0.2, -0.15) is 0 Å². The van der Waals surface area contributed by atoms with Crippen LogP contribution in [0, 0.1) is 5.92 Å². The zero-order chi connectivity index (χ0) is 14.8. The molecule has 0 saturated heterocycles. The van der Waals surface area contributed by atoms with E-state index in [2.05, 4.69) is 12.1 Å². The molecule has 0 aliphatic heterocycles. The molecular weight excluding hydrogens is 262 g/mol. The van der Waals surface area contributed by atoms with E-state index in [-0.39, 0.29) is 11.7 Å². The molecule has 0 saturated carbocycles. The lowest BCUT2D eigenvalue weighted by molar-refractivity contribution is -0.107. The lowest BCUT2D eigenvalue weighted by atomic mass is 9.95. The molecule has 0 radical (unpaired) electrons. The number of fused-ring (bicyclic) bond motifs is 1. The van der Waals surface area contributed by atoms with Crippen LogP contribution in [0.1, 0.15) is 21.5 Å². The minimum absolute atomic E-state index is 0.0389. The van der Waals surface area contributed by atoms with Crippen molar-refractivity contribution in [3.8, 4) is 0 Å². The normalized spacial score (nSPS) is 13.8. The van der Waals surface area contributed by atoms with Crippen LogP contribution in [0.5, 0.6) is 0 Å². The van der Waals surface area contributed by atoms with E-state index in [1.54, 1.807) is 19.2 Å². The van der Waals surface area contributed by atoms with Gasteiger partial charge in [-0.1, -0.05) is 24.3 Å². The Hall–Kier alpha value is -2.42. The highest BCUT2D eigenvalue weighted by Gasteiger charge is 2.27. The zero-order valence-electron chi connectivity index (χ0n) is 12.0. The first-order valence-corrected chi connectivity index (χ1v) is 7.08. The van der Waals surface area contributed by atoms with E-state index in [0.29, 0.717) is 0 Å². The van der Waals surface area contributed by atoms with Gasteiger partial charge in [0, 0.05) is 24.2 Å². The van der Waals surface area contributed by atoms with Gasteiger partial charge in [0.15, 0.2) is 5.78 Å². The fourth-order valence-corrected chi connectivity index (χ4v) is 2.90. The standard InChI is InChI=1S/C18H17NO2/c1-19(12-20)17-8-6-13(7-9-17)18(21)16-10-14-4-2-3-5-15(14)11-16/h2-9,12,16H,10-11H2,1H3. The minimum atomic E-state index is 0.0389. The first-order chi connectivity index (χ1) is 10.2. The summed E-state index contributed by atoms with van der Waals surface area (Å²) in [6.45, 7) is 0. The lowest BCUT2D eigenvalue weighted by Crippen LogP contribution is -2.16. The molecule has 1 aliphatic carbocycles. The maximum absolute atomic E-state index is 12.6. The summed E-state index contributed by atoms with van der Waals surface area (Å²) in [5.41, 5.74) is 4.08. The highest BCUT2D eigenvalue weighted by Crippen LogP contribution is 2.29. The van der Waals surface area contributed by atoms with Crippen molar-refractivity contribution in [2.45, 2.75) is 12.8 Å². The molecule has 0 aromatic heterocycles. The Morgan fingerprint density at radius 1 is 1.05 bits per heavy atom. The molecule has 3 rings (SSSR count). The van der Waals surface area contributed by atoms with Crippen LogP contribution in [0.4, 0.5) is 5.69 Å². The van der Waals surface area contributed by atoms with Crippen molar-refractivity contribution in [2.24, 2.45) is 5.92 Å². The predicted molar refractivity (Wildman–Crippen MR) is 82.6 cm³/mol. The second-order valence-electron chi connectivity index (χ2n) is 5.50. The summed E-state index contributed by atoms with van der Waals surface area (Å²) in [5, 5.41) is 0. The monoisotopic (exact) mass is 279 g/mol. The smallest absolute Gasteiger partial charge is 0.213 e. The maximum atomic E-state index is 12.6. The maximum Gasteiger partial charge on any atom is 0.213 e. The Labute approximate surface area is 124 Å². The predicted octanol–water partition coefficient (Wildman–Crippen LogP) is 2.88. The van der Waals surface area contributed by atoms with Gasteiger partial charge >= 0.3 is 0 Å². The number of carbonyl (C=O) groups is 2. The molecule has 106 valence electrons. The van der Waals surface area contributed by atoms with Crippen LogP contribution in [0.3, 0.4) is 0 Å². The second kappa shape index (κ2) is 5.52. The van der Waals surface area contributed by atoms with Gasteiger partial charge < -0.3 is 4.90 Å². The third kappa shape index (κ3) is 2.59. The molecule has 0 N–H and O–H groups in total. The van der Waals surface area contributed by atoms with Crippen molar-refractivity contribution in [3.63, 3.8) is 0 Å². The van der Waals surface area contributed by atoms with E-state index in [9.17, 15) is 9.59 Å². The summed E-state index contributed by atoms with van der Waals surface area (Å²) < 4.78 is 0. The number of hydrogen-bond acceptors (Lipinski definition) is 2. The van der Waals surface area contributed by atoms with Crippen LogP contribution in [0.15, 0.2) is 48.5 Å². The quantitative estimate of drug-likeness (QED) is 0.637. The van der Waals surface area contributed by atoms with Crippen molar-refractivity contribution < 1.29 is 9.59 Å². The Morgan fingerprint density at radius 3 is 2.14 bits per heavy atom. The second-order valence-corrected chi connectivity index (χ2v) is 5.50. The zero-order valence-corrected chi connectivity index (χ0v) is 12.0. The van der Waals surface area contributed by atoms with Crippen LogP contribution in [-0.2, 0) is 17.6 Å². The molecule has 1 aliphatic rings. The largest absolute Gasteiger partial charge is 0.318 e. The molecule has 0 atom stereocenters. The van der Waals surface area contributed by atoms with Gasteiger partial charge in [-0.15, -0.1) is 0 Å². The van der Waals surface area contributed by atoms with E-state index in [0.717, 1.165) is 30.5 Å². The summed E-state index contributed by atoms with van der Waals surface area (Å²) in [4.78, 5) is 24.8. The molecule has 1 amide bonds. The highest BCUT2D eigenvalue weighted by atomic mass is 16.1. The van der Waals surface area contributed by atoms with Gasteiger partial charge in [0.1, 0.15) is 0 Å². The number of anilines is 1. The molecule has 0 unspecified atom stereocenters. The molecular formula is C18H17NO2. The summed E-state index contributed by atoms with van der Waals surface area (Å²) in [5.74, 6) is 0.226. The molecule has 3 nitrogen and oxygen atoms in total. The minimum Gasteiger partial charge on any atom is -0.318 e. The van der Waals surface area contributed by atoms with Crippen LogP contribution in [0.2, 0.25) is 0 Å². The van der Waals surface area contributed by atoms with E-state index < -0.39 is 0 Å². The van der Waals surface area contributed by atoms with Gasteiger partial charge in [-0.05, 0) is 48.2 Å². The van der Waals surface area contributed by atoms with E-state index in [1.807, 2.05) is 24.3 Å². The molecule has 2 aromatic rings. The number of rotatable bonds is 4. The molecule has 2 aromatic carbocycles. The van der Waals surface area contributed by atoms with Crippen LogP contribution >= 0.6 is 0 Å². The third-order valence-corrected chi connectivity index (χ3v) is 4.14. The highest BCUT2D eigenvalue weighted by molar-refractivity contribution is 5.99. The Bertz CT molecular complexity index is 651. The van der Waals surface area contributed by atoms with Crippen molar-refractivity contribution in [2.75, 3.05) is 11.9 Å². The van der Waals surface area contributed by atoms with Crippen LogP contribution in [-0.4, -0.2) is 19.2 Å². The van der Waals surface area contributed by atoms with E-state index in [1.165, 1.54) is 16.0 Å². The summed E-state index contributed by atoms with van der Waals surface area (Å²) in [6.07, 6.45) is 2.40. The molecule has 0 bridgehead atoms. The number of carbonyl (C=O) groups excluding carboxylic acids is 2. The molecule has 0 heterocycles. The first kappa shape index (κ1) is 13.6. The van der Waals surface area contributed by atoms with E-state index >= 15 is 0 Å². The average Bonchev–Trinajstić information content (AvgIpc) is 2.97. The Kier molecular flexibility index (Phi) is 3.57. The summed E-state index contributed by atoms with van der Waals surface area (Å²) in [7, 11) is 1.69. The third-order valence-electron chi connectivity index (χ3n) is 4.14. The van der Waals surface area contributed by atoms with Gasteiger partial charge in [0.2, 0.25) is 6.41 Å². The van der Waals surface area contributed by atoms with Crippen LogP contribution < -0.4 is 4.90 Å². The SMILES string of the molecule is CN(C=O)c1ccc(C(=O)C2Cc3ccccc3C2)cc1. The van der Waals surface area contributed by atoms with Crippen molar-refractivity contribution >= 4 is 17.9 Å². The molecule has 0 fully saturated rings. The Morgan fingerprint density at radius 2 is 1.62 bits per heavy atom. The summed E-state index contributed by atoms with van der Waals surface area (Å²) in [6, 6.07) is 15.5. The fourth-order valence-electron chi connectivity index (χ4n) is 2.90. The number of benzene rings is 2. The number of amides is 1. The average molecular weight is 279 g/mol. The first-order valence-electron chi connectivity index (χ1n) is 7.08. The number of ketones is 1. The van der Waals surface area contributed by atoms with Crippen molar-refractivity contribution in [3.05, 3.63) is 65.2 Å². The van der Waals surface area contributed by atoms with Gasteiger partial charge in [0.05, 0.1) is 0 Å². The Balaban J connectivity index is 1.76. The van der Waals surface area contributed by atoms with Gasteiger partial charge in [0.25, 0.3) is 0 Å². The molecule has 21 heavy (non-hydrogen) atoms. The van der Waals surface area contributed by atoms with Crippen molar-refractivity contribution in [1.29, 1.82) is 0 Å². The summed E-state index contributed by atoms with van der Waals surface area (Å²) >= 11 is 0. The fraction of sp³-hybridized carbons (Fsp3) is 0.222. The van der Waals surface area contributed by atoms with Crippen LogP contribution in [0.25, 0.3) is 0 Å². The number of nitrogens with zero attached hydrogens (tertiary/aromatic N) is 1.